The van der Waals surface area contributed by atoms with Crippen LogP contribution in [0.15, 0.2) is 16.6 Å². The van der Waals surface area contributed by atoms with Crippen LogP contribution in [0.4, 0.5) is 0 Å². The number of ether oxygens (including phenoxy) is 2. The Morgan fingerprint density at radius 1 is 1.47 bits per heavy atom. The third-order valence-corrected chi connectivity index (χ3v) is 3.27. The number of benzene rings is 1. The van der Waals surface area contributed by atoms with Crippen molar-refractivity contribution in [3.8, 4) is 17.6 Å². The molecule has 1 N–H and O–H groups in total. The molecule has 1 aromatic rings. The molecule has 0 aromatic heterocycles. The molecule has 1 aliphatic rings. The first-order chi connectivity index (χ1) is 8.20. The van der Waals surface area contributed by atoms with Crippen LogP contribution in [0.5, 0.6) is 11.5 Å². The fraction of sp³-hybridized carbons (Fsp3) is 0.417. The van der Waals surface area contributed by atoms with E-state index in [2.05, 4.69) is 27.3 Å². The molecule has 0 bridgehead atoms. The number of nitrogens with one attached hydrogen (secondary N) is 1. The Hall–Kier alpha value is -1.25. The minimum atomic E-state index is 0.0165. The lowest BCUT2D eigenvalue weighted by Crippen LogP contribution is -2.19. The first kappa shape index (κ1) is 12.2. The van der Waals surface area contributed by atoms with Crippen molar-refractivity contribution in [1.29, 1.82) is 5.26 Å². The topological polar surface area (TPSA) is 54.3 Å². The van der Waals surface area contributed by atoms with Crippen molar-refractivity contribution in [2.45, 2.75) is 13.5 Å². The summed E-state index contributed by atoms with van der Waals surface area (Å²) in [5, 5.41) is 11.9. The van der Waals surface area contributed by atoms with Gasteiger partial charge in [-0.2, -0.15) is 5.26 Å². The van der Waals surface area contributed by atoms with Gasteiger partial charge in [0, 0.05) is 17.6 Å². The van der Waals surface area contributed by atoms with Crippen molar-refractivity contribution in [2.24, 2.45) is 5.92 Å². The van der Waals surface area contributed by atoms with Gasteiger partial charge in [-0.25, -0.2) is 0 Å². The van der Waals surface area contributed by atoms with Crippen LogP contribution in [-0.2, 0) is 6.54 Å². The minimum Gasteiger partial charge on any atom is -0.454 e. The molecule has 1 aliphatic heterocycles. The van der Waals surface area contributed by atoms with Gasteiger partial charge in [0.05, 0.1) is 12.0 Å². The van der Waals surface area contributed by atoms with Crippen molar-refractivity contribution < 1.29 is 9.47 Å². The maximum Gasteiger partial charge on any atom is 0.231 e. The molecule has 0 saturated heterocycles. The summed E-state index contributed by atoms with van der Waals surface area (Å²) < 4.78 is 11.6. The monoisotopic (exact) mass is 296 g/mol. The van der Waals surface area contributed by atoms with E-state index in [1.54, 1.807) is 0 Å². The standard InChI is InChI=1S/C12H13BrN2O2/c1-8(4-14)5-15-6-9-2-11-12(3-10(9)13)17-7-16-11/h2-3,8,15H,5-7H2,1H3. The van der Waals surface area contributed by atoms with Gasteiger partial charge in [0.25, 0.3) is 0 Å². The molecule has 0 radical (unpaired) electrons. The molecule has 1 unspecified atom stereocenters. The van der Waals surface area contributed by atoms with Crippen molar-refractivity contribution in [1.82, 2.24) is 5.32 Å². The lowest BCUT2D eigenvalue weighted by atomic mass is 10.2. The Kier molecular flexibility index (Phi) is 3.87. The van der Waals surface area contributed by atoms with Gasteiger partial charge >= 0.3 is 0 Å². The predicted octanol–water partition coefficient (Wildman–Crippen LogP) is 2.43. The molecule has 0 amide bonds. The minimum absolute atomic E-state index is 0.0165. The molecule has 0 saturated carbocycles. The van der Waals surface area contributed by atoms with Crippen LogP contribution in [0, 0.1) is 17.2 Å². The van der Waals surface area contributed by atoms with Gasteiger partial charge in [-0.3, -0.25) is 0 Å². The van der Waals surface area contributed by atoms with Crippen LogP contribution in [-0.4, -0.2) is 13.3 Å². The smallest absolute Gasteiger partial charge is 0.231 e. The Morgan fingerprint density at radius 3 is 2.88 bits per heavy atom. The zero-order valence-electron chi connectivity index (χ0n) is 9.50. The zero-order chi connectivity index (χ0) is 12.3. The second-order valence-corrected chi connectivity index (χ2v) is 4.81. The van der Waals surface area contributed by atoms with E-state index in [0.717, 1.165) is 21.5 Å². The van der Waals surface area contributed by atoms with Crippen molar-refractivity contribution in [2.75, 3.05) is 13.3 Å². The molecule has 5 heteroatoms. The summed E-state index contributed by atoms with van der Waals surface area (Å²) in [6.45, 7) is 3.55. The van der Waals surface area contributed by atoms with E-state index >= 15 is 0 Å². The lowest BCUT2D eigenvalue weighted by Gasteiger charge is -2.08. The highest BCUT2D eigenvalue weighted by atomic mass is 79.9. The normalized spacial score (nSPS) is 14.4. The number of nitriles is 1. The highest BCUT2D eigenvalue weighted by molar-refractivity contribution is 9.10. The molecule has 1 heterocycles. The summed E-state index contributed by atoms with van der Waals surface area (Å²) in [4.78, 5) is 0. The fourth-order valence-corrected chi connectivity index (χ4v) is 2.03. The molecular formula is C12H13BrN2O2. The van der Waals surface area contributed by atoms with E-state index in [1.807, 2.05) is 19.1 Å². The van der Waals surface area contributed by atoms with Crippen molar-refractivity contribution in [3.05, 3.63) is 22.2 Å². The average molecular weight is 297 g/mol. The summed E-state index contributed by atoms with van der Waals surface area (Å²) in [5.74, 6) is 1.56. The van der Waals surface area contributed by atoms with Crippen LogP contribution in [0.3, 0.4) is 0 Å². The van der Waals surface area contributed by atoms with Gasteiger partial charge in [0.15, 0.2) is 11.5 Å². The molecule has 4 nitrogen and oxygen atoms in total. The van der Waals surface area contributed by atoms with E-state index in [0.29, 0.717) is 13.1 Å². The highest BCUT2D eigenvalue weighted by Crippen LogP contribution is 2.36. The number of rotatable bonds is 4. The average Bonchev–Trinajstić information content (AvgIpc) is 2.76. The van der Waals surface area contributed by atoms with Crippen LogP contribution in [0.2, 0.25) is 0 Å². The van der Waals surface area contributed by atoms with E-state index in [1.165, 1.54) is 0 Å². The fourth-order valence-electron chi connectivity index (χ4n) is 1.56. The molecule has 1 aromatic carbocycles. The summed E-state index contributed by atoms with van der Waals surface area (Å²) in [6, 6.07) is 6.05. The number of hydrogen-bond donors (Lipinski definition) is 1. The van der Waals surface area contributed by atoms with Crippen molar-refractivity contribution >= 4 is 15.9 Å². The largest absolute Gasteiger partial charge is 0.454 e. The molecule has 0 spiro atoms. The molecule has 0 fully saturated rings. The van der Waals surface area contributed by atoms with E-state index in [-0.39, 0.29) is 12.7 Å². The van der Waals surface area contributed by atoms with Crippen LogP contribution in [0.25, 0.3) is 0 Å². The number of fused-ring (bicyclic) bond motifs is 1. The first-order valence-electron chi connectivity index (χ1n) is 5.39. The number of nitrogens with zero attached hydrogens (tertiary/aromatic N) is 1. The second kappa shape index (κ2) is 5.39. The van der Waals surface area contributed by atoms with Gasteiger partial charge in [0.1, 0.15) is 0 Å². The van der Waals surface area contributed by atoms with Crippen LogP contribution >= 0.6 is 15.9 Å². The molecule has 90 valence electrons. The van der Waals surface area contributed by atoms with E-state index < -0.39 is 0 Å². The van der Waals surface area contributed by atoms with E-state index in [9.17, 15) is 0 Å². The van der Waals surface area contributed by atoms with Gasteiger partial charge in [-0.1, -0.05) is 15.9 Å². The Bertz CT molecular complexity index is 457. The summed E-state index contributed by atoms with van der Waals surface area (Å²) in [7, 11) is 0. The lowest BCUT2D eigenvalue weighted by molar-refractivity contribution is 0.174. The summed E-state index contributed by atoms with van der Waals surface area (Å²) in [6.07, 6.45) is 0. The summed E-state index contributed by atoms with van der Waals surface area (Å²) in [5.41, 5.74) is 1.10. The Morgan fingerprint density at radius 2 is 2.18 bits per heavy atom. The Balaban J connectivity index is 2.00. The van der Waals surface area contributed by atoms with Gasteiger partial charge in [0.2, 0.25) is 6.79 Å². The van der Waals surface area contributed by atoms with Crippen LogP contribution < -0.4 is 14.8 Å². The number of hydrogen-bond acceptors (Lipinski definition) is 4. The maximum atomic E-state index is 8.68. The third kappa shape index (κ3) is 2.90. The number of halogens is 1. The zero-order valence-corrected chi connectivity index (χ0v) is 11.1. The molecule has 0 aliphatic carbocycles. The van der Waals surface area contributed by atoms with Gasteiger partial charge in [-0.15, -0.1) is 0 Å². The highest BCUT2D eigenvalue weighted by Gasteiger charge is 2.16. The third-order valence-electron chi connectivity index (χ3n) is 2.53. The molecule has 2 rings (SSSR count). The maximum absolute atomic E-state index is 8.68. The second-order valence-electron chi connectivity index (χ2n) is 3.96. The van der Waals surface area contributed by atoms with Crippen LogP contribution in [0.1, 0.15) is 12.5 Å². The predicted molar refractivity (Wildman–Crippen MR) is 66.7 cm³/mol. The van der Waals surface area contributed by atoms with Crippen molar-refractivity contribution in [3.63, 3.8) is 0 Å². The van der Waals surface area contributed by atoms with E-state index in [4.69, 9.17) is 14.7 Å². The Labute approximate surface area is 109 Å². The molecule has 17 heavy (non-hydrogen) atoms. The van der Waals surface area contributed by atoms with Gasteiger partial charge in [-0.05, 0) is 24.6 Å². The quantitative estimate of drug-likeness (QED) is 0.927. The first-order valence-corrected chi connectivity index (χ1v) is 6.18. The molecular weight excluding hydrogens is 284 g/mol. The van der Waals surface area contributed by atoms with Gasteiger partial charge < -0.3 is 14.8 Å². The molecule has 1 atom stereocenters. The summed E-state index contributed by atoms with van der Waals surface area (Å²) >= 11 is 3.49. The SMILES string of the molecule is CC(C#N)CNCc1cc2c(cc1Br)OCO2.